The summed E-state index contributed by atoms with van der Waals surface area (Å²) in [6, 6.07) is 4.66. The van der Waals surface area contributed by atoms with Crippen LogP contribution in [-0.2, 0) is 10.0 Å². The Bertz CT molecular complexity index is 584. The lowest BCUT2D eigenvalue weighted by atomic mass is 10.1. The van der Waals surface area contributed by atoms with Gasteiger partial charge in [0, 0.05) is 17.5 Å². The number of pyridine rings is 1. The summed E-state index contributed by atoms with van der Waals surface area (Å²) in [5.41, 5.74) is 0.206. The summed E-state index contributed by atoms with van der Waals surface area (Å²) in [6.45, 7) is 2.49. The van der Waals surface area contributed by atoms with Gasteiger partial charge in [-0.05, 0) is 37.7 Å². The number of nitriles is 1. The molecule has 2 heterocycles. The van der Waals surface area contributed by atoms with Crippen LogP contribution in [-0.4, -0.2) is 30.4 Å². The molecule has 1 aliphatic heterocycles. The van der Waals surface area contributed by atoms with Gasteiger partial charge in [0.05, 0.1) is 0 Å². The van der Waals surface area contributed by atoms with Gasteiger partial charge in [-0.25, -0.2) is 18.1 Å². The lowest BCUT2D eigenvalue weighted by Gasteiger charge is -2.22. The van der Waals surface area contributed by atoms with Crippen molar-refractivity contribution in [3.8, 4) is 6.07 Å². The Kier molecular flexibility index (Phi) is 4.13. The molecule has 1 atom stereocenters. The van der Waals surface area contributed by atoms with Crippen LogP contribution in [0.15, 0.2) is 23.2 Å². The Balaban J connectivity index is 2.07. The first kappa shape index (κ1) is 14.3. The van der Waals surface area contributed by atoms with E-state index in [0.717, 1.165) is 18.6 Å². The average molecular weight is 297 g/mol. The number of nitrogens with zero attached hydrogens (tertiary/aromatic N) is 2. The lowest BCUT2D eigenvalue weighted by Crippen LogP contribution is -2.36. The molecule has 0 bridgehead atoms. The van der Waals surface area contributed by atoms with E-state index in [1.807, 2.05) is 6.07 Å². The second-order valence-corrected chi connectivity index (χ2v) is 8.17. The fourth-order valence-corrected chi connectivity index (χ4v) is 4.36. The molecule has 1 saturated heterocycles. The summed E-state index contributed by atoms with van der Waals surface area (Å²) in [4.78, 5) is 3.87. The quantitative estimate of drug-likeness (QED) is 0.911. The smallest absolute Gasteiger partial charge is 0.242 e. The Morgan fingerprint density at radius 3 is 2.89 bits per heavy atom. The third kappa shape index (κ3) is 3.47. The second kappa shape index (κ2) is 5.49. The van der Waals surface area contributed by atoms with Crippen molar-refractivity contribution in [3.05, 3.63) is 24.0 Å². The number of thioether (sulfide) groups is 1. The number of hydrogen-bond donors (Lipinski definition) is 1. The van der Waals surface area contributed by atoms with Gasteiger partial charge in [-0.3, -0.25) is 0 Å². The minimum atomic E-state index is -3.55. The third-order valence-corrected chi connectivity index (χ3v) is 6.02. The maximum atomic E-state index is 12.1. The van der Waals surface area contributed by atoms with Crippen molar-refractivity contribution in [1.82, 2.24) is 9.71 Å². The van der Waals surface area contributed by atoms with E-state index in [0.29, 0.717) is 6.54 Å². The summed E-state index contributed by atoms with van der Waals surface area (Å²) in [7, 11) is -3.55. The van der Waals surface area contributed by atoms with Crippen LogP contribution < -0.4 is 4.72 Å². The molecule has 0 spiro atoms. The Morgan fingerprint density at radius 2 is 2.37 bits per heavy atom. The van der Waals surface area contributed by atoms with Crippen LogP contribution in [0.3, 0.4) is 0 Å². The minimum absolute atomic E-state index is 0.0207. The van der Waals surface area contributed by atoms with E-state index in [9.17, 15) is 8.42 Å². The van der Waals surface area contributed by atoms with E-state index in [2.05, 4.69) is 16.6 Å². The summed E-state index contributed by atoms with van der Waals surface area (Å²) in [5.74, 6) is 1.08. The molecule has 19 heavy (non-hydrogen) atoms. The number of hydrogen-bond acceptors (Lipinski definition) is 5. The highest BCUT2D eigenvalue weighted by Gasteiger charge is 2.31. The van der Waals surface area contributed by atoms with E-state index in [-0.39, 0.29) is 15.3 Å². The Labute approximate surface area is 117 Å². The zero-order chi connectivity index (χ0) is 13.9. The van der Waals surface area contributed by atoms with E-state index < -0.39 is 10.0 Å². The van der Waals surface area contributed by atoms with Crippen molar-refractivity contribution < 1.29 is 8.42 Å². The average Bonchev–Trinajstić information content (AvgIpc) is 2.84. The van der Waals surface area contributed by atoms with Crippen LogP contribution in [0.1, 0.15) is 25.5 Å². The molecule has 2 rings (SSSR count). The number of rotatable bonds is 4. The van der Waals surface area contributed by atoms with Crippen molar-refractivity contribution >= 4 is 21.8 Å². The number of nitrogens with one attached hydrogen (secondary N) is 1. The highest BCUT2D eigenvalue weighted by Crippen LogP contribution is 2.37. The van der Waals surface area contributed by atoms with Crippen molar-refractivity contribution in [2.24, 2.45) is 0 Å². The van der Waals surface area contributed by atoms with Crippen molar-refractivity contribution in [2.45, 2.75) is 29.4 Å². The zero-order valence-corrected chi connectivity index (χ0v) is 12.2. The van der Waals surface area contributed by atoms with Gasteiger partial charge in [0.2, 0.25) is 10.0 Å². The second-order valence-electron chi connectivity index (χ2n) is 4.72. The molecule has 0 radical (unpaired) electrons. The van der Waals surface area contributed by atoms with Gasteiger partial charge in [-0.1, -0.05) is 0 Å². The van der Waals surface area contributed by atoms with Crippen LogP contribution >= 0.6 is 11.8 Å². The van der Waals surface area contributed by atoms with Crippen molar-refractivity contribution in [2.75, 3.05) is 12.3 Å². The highest BCUT2D eigenvalue weighted by atomic mass is 32.2. The Hall–Kier alpha value is -1.10. The predicted octanol–water partition coefficient (Wildman–Crippen LogP) is 1.52. The molecule has 1 N–H and O–H groups in total. The zero-order valence-electron chi connectivity index (χ0n) is 10.6. The van der Waals surface area contributed by atoms with Crippen molar-refractivity contribution in [1.29, 1.82) is 5.26 Å². The number of sulfonamides is 1. The maximum absolute atomic E-state index is 12.1. The van der Waals surface area contributed by atoms with E-state index in [1.54, 1.807) is 11.8 Å². The van der Waals surface area contributed by atoms with Gasteiger partial charge in [0.25, 0.3) is 0 Å². The van der Waals surface area contributed by atoms with E-state index in [1.165, 1.54) is 18.3 Å². The third-order valence-electron chi connectivity index (χ3n) is 3.10. The largest absolute Gasteiger partial charge is 0.244 e. The van der Waals surface area contributed by atoms with Gasteiger partial charge < -0.3 is 0 Å². The standard InChI is InChI=1S/C12H15N3O2S2/c1-12(5-2-6-18-12)9-15-19(16,17)11-4-3-10(7-13)14-8-11/h3-4,8,15H,2,5-6,9H2,1H3. The van der Waals surface area contributed by atoms with Crippen LogP contribution in [0, 0.1) is 11.3 Å². The van der Waals surface area contributed by atoms with Gasteiger partial charge in [0.15, 0.2) is 0 Å². The molecule has 0 aromatic carbocycles. The molecule has 1 aromatic rings. The molecule has 1 aliphatic rings. The summed E-state index contributed by atoms with van der Waals surface area (Å²) in [6.07, 6.45) is 3.36. The molecular formula is C12H15N3O2S2. The fourth-order valence-electron chi connectivity index (χ4n) is 1.91. The molecule has 1 aromatic heterocycles. The first-order valence-corrected chi connectivity index (χ1v) is 8.42. The molecular weight excluding hydrogens is 282 g/mol. The lowest BCUT2D eigenvalue weighted by molar-refractivity contribution is 0.552. The maximum Gasteiger partial charge on any atom is 0.242 e. The van der Waals surface area contributed by atoms with Crippen molar-refractivity contribution in [3.63, 3.8) is 0 Å². The van der Waals surface area contributed by atoms with Gasteiger partial charge in [-0.2, -0.15) is 17.0 Å². The van der Waals surface area contributed by atoms with Gasteiger partial charge in [-0.15, -0.1) is 0 Å². The molecule has 102 valence electrons. The van der Waals surface area contributed by atoms with Crippen LogP contribution in [0.5, 0.6) is 0 Å². The summed E-state index contributed by atoms with van der Waals surface area (Å²) in [5, 5.41) is 8.63. The van der Waals surface area contributed by atoms with Gasteiger partial charge >= 0.3 is 0 Å². The van der Waals surface area contributed by atoms with Crippen LogP contribution in [0.2, 0.25) is 0 Å². The first-order chi connectivity index (χ1) is 8.95. The monoisotopic (exact) mass is 297 g/mol. The normalized spacial score (nSPS) is 23.2. The van der Waals surface area contributed by atoms with E-state index in [4.69, 9.17) is 5.26 Å². The molecule has 0 aliphatic carbocycles. The summed E-state index contributed by atoms with van der Waals surface area (Å²) >= 11 is 1.80. The fraction of sp³-hybridized carbons (Fsp3) is 0.500. The van der Waals surface area contributed by atoms with Crippen LogP contribution in [0.4, 0.5) is 0 Å². The number of aromatic nitrogens is 1. The molecule has 0 amide bonds. The SMILES string of the molecule is CC1(CNS(=O)(=O)c2ccc(C#N)nc2)CCCS1. The predicted molar refractivity (Wildman–Crippen MR) is 74.2 cm³/mol. The topological polar surface area (TPSA) is 82.9 Å². The highest BCUT2D eigenvalue weighted by molar-refractivity contribution is 8.01. The van der Waals surface area contributed by atoms with E-state index >= 15 is 0 Å². The van der Waals surface area contributed by atoms with Gasteiger partial charge in [0.1, 0.15) is 16.7 Å². The minimum Gasteiger partial charge on any atom is -0.244 e. The molecule has 5 nitrogen and oxygen atoms in total. The molecule has 1 fully saturated rings. The summed E-state index contributed by atoms with van der Waals surface area (Å²) < 4.78 is 26.8. The first-order valence-electron chi connectivity index (χ1n) is 5.95. The molecule has 0 saturated carbocycles. The molecule has 7 heteroatoms. The molecule has 1 unspecified atom stereocenters. The van der Waals surface area contributed by atoms with Crippen LogP contribution in [0.25, 0.3) is 0 Å². The Morgan fingerprint density at radius 1 is 1.58 bits per heavy atom.